The van der Waals surface area contributed by atoms with E-state index in [9.17, 15) is 4.79 Å². The van der Waals surface area contributed by atoms with Crippen LogP contribution < -0.4 is 9.47 Å². The predicted octanol–water partition coefficient (Wildman–Crippen LogP) is 5.97. The maximum Gasteiger partial charge on any atom is 0.363 e. The zero-order chi connectivity index (χ0) is 22.5. The van der Waals surface area contributed by atoms with E-state index in [-0.39, 0.29) is 11.6 Å². The van der Waals surface area contributed by atoms with Crippen molar-refractivity contribution in [3.8, 4) is 11.5 Å². The maximum atomic E-state index is 12.3. The van der Waals surface area contributed by atoms with Crippen molar-refractivity contribution < 1.29 is 19.0 Å². The molecule has 0 unspecified atom stereocenters. The van der Waals surface area contributed by atoms with Crippen LogP contribution in [-0.2, 0) is 16.1 Å². The van der Waals surface area contributed by atoms with Gasteiger partial charge in [-0.2, -0.15) is 0 Å². The first-order valence-electron chi connectivity index (χ1n) is 10.3. The quantitative estimate of drug-likeness (QED) is 0.330. The van der Waals surface area contributed by atoms with E-state index >= 15 is 0 Å². The highest BCUT2D eigenvalue weighted by Crippen LogP contribution is 2.38. The Labute approximate surface area is 191 Å². The summed E-state index contributed by atoms with van der Waals surface area (Å²) in [7, 11) is 0. The largest absolute Gasteiger partial charge is 0.490 e. The highest BCUT2D eigenvalue weighted by molar-refractivity contribution is 6.32. The van der Waals surface area contributed by atoms with Gasteiger partial charge < -0.3 is 14.2 Å². The zero-order valence-corrected chi connectivity index (χ0v) is 18.6. The summed E-state index contributed by atoms with van der Waals surface area (Å²) in [6, 6.07) is 20.8. The molecule has 0 amide bonds. The molecule has 3 aromatic rings. The third-order valence-corrected chi connectivity index (χ3v) is 5.19. The molecular weight excluding hydrogens is 426 g/mol. The summed E-state index contributed by atoms with van der Waals surface area (Å²) in [4.78, 5) is 16.7. The van der Waals surface area contributed by atoms with Crippen molar-refractivity contribution in [1.82, 2.24) is 0 Å². The minimum absolute atomic E-state index is 0.191. The minimum Gasteiger partial charge on any atom is -0.490 e. The number of aliphatic imine (C=N–C) groups is 1. The Morgan fingerprint density at radius 3 is 2.53 bits per heavy atom. The Bertz CT molecular complexity index is 1200. The highest BCUT2D eigenvalue weighted by Gasteiger charge is 2.24. The van der Waals surface area contributed by atoms with Crippen LogP contribution in [0.4, 0.5) is 0 Å². The molecule has 6 heteroatoms. The lowest BCUT2D eigenvalue weighted by molar-refractivity contribution is -0.129. The molecule has 0 saturated carbocycles. The van der Waals surface area contributed by atoms with Gasteiger partial charge in [0.1, 0.15) is 6.61 Å². The van der Waals surface area contributed by atoms with Crippen LogP contribution in [-0.4, -0.2) is 18.5 Å². The molecular formula is C26H22ClNO4. The van der Waals surface area contributed by atoms with Crippen LogP contribution in [0.1, 0.15) is 29.2 Å². The van der Waals surface area contributed by atoms with Crippen molar-refractivity contribution >= 4 is 29.5 Å². The van der Waals surface area contributed by atoms with Crippen molar-refractivity contribution in [3.05, 3.63) is 99.7 Å². The normalized spacial score (nSPS) is 14.3. The Balaban J connectivity index is 1.62. The van der Waals surface area contributed by atoms with E-state index in [0.29, 0.717) is 35.3 Å². The van der Waals surface area contributed by atoms with Crippen molar-refractivity contribution in [1.29, 1.82) is 0 Å². The third-order valence-electron chi connectivity index (χ3n) is 4.91. The molecule has 0 bridgehead atoms. The molecule has 1 aliphatic heterocycles. The molecule has 0 fully saturated rings. The van der Waals surface area contributed by atoms with Gasteiger partial charge in [0, 0.05) is 5.56 Å². The number of benzene rings is 3. The fraction of sp³-hybridized carbons (Fsp3) is 0.154. The molecule has 0 aromatic heterocycles. The van der Waals surface area contributed by atoms with E-state index in [2.05, 4.69) is 4.99 Å². The third kappa shape index (κ3) is 4.84. The Morgan fingerprint density at radius 1 is 1.03 bits per heavy atom. The van der Waals surface area contributed by atoms with Crippen LogP contribution in [0.15, 0.2) is 77.4 Å². The number of ether oxygens (including phenoxy) is 3. The lowest BCUT2D eigenvalue weighted by atomic mass is 10.1. The standard InChI is InChI=1S/C26H22ClNO4/c1-3-30-23-15-18(13-21(27)24(23)31-16-20-12-8-7-9-17(20)2)14-22-26(29)32-25(28-22)19-10-5-4-6-11-19/h4-15H,3,16H2,1-2H3/b22-14+. The molecule has 0 radical (unpaired) electrons. The van der Waals surface area contributed by atoms with E-state index < -0.39 is 5.97 Å². The topological polar surface area (TPSA) is 57.1 Å². The smallest absolute Gasteiger partial charge is 0.363 e. The number of aryl methyl sites for hydroxylation is 1. The van der Waals surface area contributed by atoms with Crippen molar-refractivity contribution in [2.45, 2.75) is 20.5 Å². The lowest BCUT2D eigenvalue weighted by Gasteiger charge is -2.15. The molecule has 0 aliphatic carbocycles. The fourth-order valence-corrected chi connectivity index (χ4v) is 3.54. The fourth-order valence-electron chi connectivity index (χ4n) is 3.27. The van der Waals surface area contributed by atoms with E-state index in [1.165, 1.54) is 0 Å². The van der Waals surface area contributed by atoms with Crippen LogP contribution in [0, 0.1) is 6.92 Å². The van der Waals surface area contributed by atoms with E-state index in [0.717, 1.165) is 16.7 Å². The summed E-state index contributed by atoms with van der Waals surface area (Å²) in [6.45, 7) is 4.72. The van der Waals surface area contributed by atoms with Gasteiger partial charge in [0.15, 0.2) is 17.2 Å². The number of nitrogens with zero attached hydrogens (tertiary/aromatic N) is 1. The van der Waals surface area contributed by atoms with Gasteiger partial charge in [-0.25, -0.2) is 9.79 Å². The maximum absolute atomic E-state index is 12.3. The van der Waals surface area contributed by atoms with Gasteiger partial charge in [-0.15, -0.1) is 0 Å². The van der Waals surface area contributed by atoms with Gasteiger partial charge >= 0.3 is 5.97 Å². The van der Waals surface area contributed by atoms with Crippen LogP contribution in [0.25, 0.3) is 6.08 Å². The first kappa shape index (κ1) is 21.7. The molecule has 162 valence electrons. The highest BCUT2D eigenvalue weighted by atomic mass is 35.5. The van der Waals surface area contributed by atoms with Gasteiger partial charge in [-0.05, 0) is 60.9 Å². The Hall–Kier alpha value is -3.57. The molecule has 1 heterocycles. The number of rotatable bonds is 7. The van der Waals surface area contributed by atoms with E-state index in [4.69, 9.17) is 25.8 Å². The van der Waals surface area contributed by atoms with E-state index in [1.54, 1.807) is 18.2 Å². The number of esters is 1. The summed E-state index contributed by atoms with van der Waals surface area (Å²) >= 11 is 6.54. The zero-order valence-electron chi connectivity index (χ0n) is 17.8. The summed E-state index contributed by atoms with van der Waals surface area (Å²) in [5.41, 5.74) is 3.78. The second-order valence-corrected chi connectivity index (χ2v) is 7.59. The van der Waals surface area contributed by atoms with Gasteiger partial charge in [-0.1, -0.05) is 54.1 Å². The molecule has 3 aromatic carbocycles. The van der Waals surface area contributed by atoms with Crippen LogP contribution in [0.3, 0.4) is 0 Å². The molecule has 4 rings (SSSR count). The van der Waals surface area contributed by atoms with Crippen LogP contribution in [0.5, 0.6) is 11.5 Å². The summed E-state index contributed by atoms with van der Waals surface area (Å²) in [5.74, 6) is 0.717. The first-order valence-corrected chi connectivity index (χ1v) is 10.6. The lowest BCUT2D eigenvalue weighted by Crippen LogP contribution is -2.05. The average Bonchev–Trinajstić information content (AvgIpc) is 3.15. The number of cyclic esters (lactones) is 1. The summed E-state index contributed by atoms with van der Waals surface area (Å²) < 4.78 is 17.1. The van der Waals surface area contributed by atoms with E-state index in [1.807, 2.05) is 68.4 Å². The molecule has 0 N–H and O–H groups in total. The molecule has 1 aliphatic rings. The number of carbonyl (C=O) groups excluding carboxylic acids is 1. The average molecular weight is 448 g/mol. The number of carbonyl (C=O) groups is 1. The van der Waals surface area contributed by atoms with Crippen LogP contribution >= 0.6 is 11.6 Å². The Morgan fingerprint density at radius 2 is 1.78 bits per heavy atom. The van der Waals surface area contributed by atoms with Crippen molar-refractivity contribution in [2.75, 3.05) is 6.61 Å². The monoisotopic (exact) mass is 447 g/mol. The van der Waals surface area contributed by atoms with Gasteiger partial charge in [0.05, 0.1) is 11.6 Å². The second kappa shape index (κ2) is 9.71. The summed E-state index contributed by atoms with van der Waals surface area (Å²) in [5, 5.41) is 0.384. The first-order chi connectivity index (χ1) is 15.5. The molecule has 0 atom stereocenters. The molecule has 5 nitrogen and oxygen atoms in total. The minimum atomic E-state index is -0.516. The Kier molecular flexibility index (Phi) is 6.57. The predicted molar refractivity (Wildman–Crippen MR) is 125 cm³/mol. The summed E-state index contributed by atoms with van der Waals surface area (Å²) in [6.07, 6.45) is 1.62. The number of hydrogen-bond acceptors (Lipinski definition) is 5. The van der Waals surface area contributed by atoms with Crippen LogP contribution in [0.2, 0.25) is 5.02 Å². The van der Waals surface area contributed by atoms with Crippen molar-refractivity contribution in [3.63, 3.8) is 0 Å². The SMILES string of the molecule is CCOc1cc(/C=C2/N=C(c3ccccc3)OC2=O)cc(Cl)c1OCc1ccccc1C. The van der Waals surface area contributed by atoms with Crippen molar-refractivity contribution in [2.24, 2.45) is 4.99 Å². The van der Waals surface area contributed by atoms with Gasteiger partial charge in [-0.3, -0.25) is 0 Å². The van der Waals surface area contributed by atoms with Gasteiger partial charge in [0.2, 0.25) is 5.90 Å². The molecule has 0 spiro atoms. The second-order valence-electron chi connectivity index (χ2n) is 7.18. The molecule has 0 saturated heterocycles. The number of hydrogen-bond donors (Lipinski definition) is 0. The number of halogens is 1. The molecule has 32 heavy (non-hydrogen) atoms. The van der Waals surface area contributed by atoms with Gasteiger partial charge in [0.25, 0.3) is 0 Å².